The smallest absolute Gasteiger partial charge is 0.329 e. The number of H-pyrrole nitrogens is 1. The number of aromatic amines is 1. The van der Waals surface area contributed by atoms with E-state index in [1.54, 1.807) is 24.3 Å². The van der Waals surface area contributed by atoms with Crippen molar-refractivity contribution < 1.29 is 9.59 Å². The number of fused-ring (bicyclic) bond motifs is 1. The molecule has 1 aromatic carbocycles. The van der Waals surface area contributed by atoms with E-state index in [0.29, 0.717) is 23.7 Å². The Balaban J connectivity index is 1.73. The van der Waals surface area contributed by atoms with E-state index in [0.717, 1.165) is 0 Å². The summed E-state index contributed by atoms with van der Waals surface area (Å²) in [7, 11) is 0. The third kappa shape index (κ3) is 4.69. The molecule has 3 N–H and O–H groups in total. The van der Waals surface area contributed by atoms with Gasteiger partial charge >= 0.3 is 5.69 Å². The summed E-state index contributed by atoms with van der Waals surface area (Å²) in [5.74, 6) is -0.998. The molecule has 29 heavy (non-hydrogen) atoms. The highest BCUT2D eigenvalue weighted by molar-refractivity contribution is 6.30. The number of nitrogens with zero attached hydrogens (tertiary/aromatic N) is 2. The summed E-state index contributed by atoms with van der Waals surface area (Å²) in [6, 6.07) is 7.88. The van der Waals surface area contributed by atoms with E-state index < -0.39 is 23.1 Å². The molecule has 3 aromatic rings. The zero-order valence-electron chi connectivity index (χ0n) is 15.5. The van der Waals surface area contributed by atoms with Crippen LogP contribution in [0.4, 0.5) is 5.69 Å². The molecule has 9 nitrogen and oxygen atoms in total. The third-order valence-electron chi connectivity index (χ3n) is 4.08. The minimum Gasteiger partial charge on any atom is -0.343 e. The fourth-order valence-electron chi connectivity index (χ4n) is 2.72. The van der Waals surface area contributed by atoms with E-state index in [-0.39, 0.29) is 23.1 Å². The van der Waals surface area contributed by atoms with Crippen LogP contribution in [-0.4, -0.2) is 32.9 Å². The maximum Gasteiger partial charge on any atom is 0.329 e. The predicted molar refractivity (Wildman–Crippen MR) is 109 cm³/mol. The van der Waals surface area contributed by atoms with Crippen LogP contribution in [0.15, 0.2) is 46.1 Å². The van der Waals surface area contributed by atoms with E-state index in [4.69, 9.17) is 11.6 Å². The first-order valence-corrected chi connectivity index (χ1v) is 9.23. The molecule has 0 fully saturated rings. The summed E-state index contributed by atoms with van der Waals surface area (Å²) in [6.07, 6.45) is 1.94. The van der Waals surface area contributed by atoms with Gasteiger partial charge in [0.05, 0.1) is 17.5 Å². The van der Waals surface area contributed by atoms with E-state index in [9.17, 15) is 19.2 Å². The number of amides is 2. The van der Waals surface area contributed by atoms with Crippen LogP contribution < -0.4 is 21.9 Å². The maximum absolute atomic E-state index is 12.3. The summed E-state index contributed by atoms with van der Waals surface area (Å²) >= 11 is 5.79. The number of anilines is 1. The number of nitrogens with one attached hydrogen (secondary N) is 3. The number of carbonyl (C=O) groups is 2. The number of carbonyl (C=O) groups excluding carboxylic acids is 2. The van der Waals surface area contributed by atoms with E-state index >= 15 is 0 Å². The molecule has 0 unspecified atom stereocenters. The van der Waals surface area contributed by atoms with Crippen LogP contribution in [0.2, 0.25) is 5.02 Å². The lowest BCUT2D eigenvalue weighted by atomic mass is 10.2. The number of hydrogen-bond donors (Lipinski definition) is 3. The second-order valence-electron chi connectivity index (χ2n) is 6.24. The first-order valence-electron chi connectivity index (χ1n) is 8.85. The van der Waals surface area contributed by atoms with Gasteiger partial charge in [-0.25, -0.2) is 9.78 Å². The average Bonchev–Trinajstić information content (AvgIpc) is 2.70. The van der Waals surface area contributed by atoms with Gasteiger partial charge in [0.1, 0.15) is 5.65 Å². The van der Waals surface area contributed by atoms with Crippen LogP contribution >= 0.6 is 11.6 Å². The average molecular weight is 416 g/mol. The van der Waals surface area contributed by atoms with Gasteiger partial charge in [-0.15, -0.1) is 0 Å². The van der Waals surface area contributed by atoms with Crippen molar-refractivity contribution in [1.29, 1.82) is 0 Å². The summed E-state index contributed by atoms with van der Waals surface area (Å²) in [5, 5.41) is 5.75. The first kappa shape index (κ1) is 20.3. The number of rotatable bonds is 6. The second kappa shape index (κ2) is 8.70. The lowest BCUT2D eigenvalue weighted by molar-refractivity contribution is -0.115. The van der Waals surface area contributed by atoms with Crippen LogP contribution in [0.1, 0.15) is 23.7 Å². The van der Waals surface area contributed by atoms with Crippen LogP contribution in [0.3, 0.4) is 0 Å². The quantitative estimate of drug-likeness (QED) is 0.562. The highest BCUT2D eigenvalue weighted by Crippen LogP contribution is 2.13. The van der Waals surface area contributed by atoms with Gasteiger partial charge in [-0.05, 0) is 36.8 Å². The Hall–Kier alpha value is -3.46. The molecule has 0 radical (unpaired) electrons. The van der Waals surface area contributed by atoms with Gasteiger partial charge < -0.3 is 10.6 Å². The standard InChI is InChI=1S/C19H18ClN5O4/c1-2-7-25-16-14(18(28)24-19(25)29)8-11(9-21-16)17(27)22-10-15(26)23-13-5-3-12(20)4-6-13/h3-6,8-9H,2,7,10H2,1H3,(H,22,27)(H,23,26)(H,24,28,29). The van der Waals surface area contributed by atoms with E-state index in [2.05, 4.69) is 20.6 Å². The normalized spacial score (nSPS) is 10.7. The number of hydrogen-bond acceptors (Lipinski definition) is 5. The van der Waals surface area contributed by atoms with Crippen molar-refractivity contribution in [3.63, 3.8) is 0 Å². The lowest BCUT2D eigenvalue weighted by Crippen LogP contribution is -2.34. The Labute approximate surface area is 169 Å². The van der Waals surface area contributed by atoms with Crippen LogP contribution in [0, 0.1) is 0 Å². The molecule has 10 heteroatoms. The minimum atomic E-state index is -0.625. The molecule has 0 aliphatic rings. The molecule has 2 amide bonds. The molecule has 0 aliphatic carbocycles. The van der Waals surface area contributed by atoms with Gasteiger partial charge in [0, 0.05) is 23.5 Å². The minimum absolute atomic E-state index is 0.101. The fourth-order valence-corrected chi connectivity index (χ4v) is 2.85. The van der Waals surface area contributed by atoms with Gasteiger partial charge in [0.25, 0.3) is 11.5 Å². The Morgan fingerprint density at radius 1 is 1.21 bits per heavy atom. The summed E-state index contributed by atoms with van der Waals surface area (Å²) in [6.45, 7) is 2.00. The molecule has 0 saturated carbocycles. The molecule has 3 rings (SSSR count). The van der Waals surface area contributed by atoms with Crippen molar-refractivity contribution in [1.82, 2.24) is 19.9 Å². The molecular formula is C19H18ClN5O4. The molecule has 0 spiro atoms. The molecule has 0 saturated heterocycles. The number of pyridine rings is 1. The summed E-state index contributed by atoms with van der Waals surface area (Å²) in [5.41, 5.74) is -0.323. The number of aromatic nitrogens is 3. The number of aryl methyl sites for hydroxylation is 1. The predicted octanol–water partition coefficient (Wildman–Crippen LogP) is 1.52. The van der Waals surface area contributed by atoms with Gasteiger partial charge in [-0.1, -0.05) is 18.5 Å². The van der Waals surface area contributed by atoms with Gasteiger partial charge in [-0.3, -0.25) is 23.9 Å². The monoisotopic (exact) mass is 415 g/mol. The Kier molecular flexibility index (Phi) is 6.08. The van der Waals surface area contributed by atoms with Crippen molar-refractivity contribution in [3.8, 4) is 0 Å². The Morgan fingerprint density at radius 2 is 1.93 bits per heavy atom. The van der Waals surface area contributed by atoms with Crippen molar-refractivity contribution >= 4 is 40.1 Å². The highest BCUT2D eigenvalue weighted by Gasteiger charge is 2.14. The fraction of sp³-hybridized carbons (Fsp3) is 0.211. The summed E-state index contributed by atoms with van der Waals surface area (Å²) < 4.78 is 1.35. The molecular weight excluding hydrogens is 398 g/mol. The van der Waals surface area contributed by atoms with Crippen LogP contribution in [-0.2, 0) is 11.3 Å². The summed E-state index contributed by atoms with van der Waals surface area (Å²) in [4.78, 5) is 54.7. The molecule has 2 aromatic heterocycles. The van der Waals surface area contributed by atoms with Gasteiger partial charge in [0.2, 0.25) is 5.91 Å². The van der Waals surface area contributed by atoms with Gasteiger partial charge in [0.15, 0.2) is 0 Å². The van der Waals surface area contributed by atoms with Crippen molar-refractivity contribution in [3.05, 3.63) is 68.0 Å². The lowest BCUT2D eigenvalue weighted by Gasteiger charge is -2.09. The van der Waals surface area contributed by atoms with E-state index in [1.165, 1.54) is 16.8 Å². The van der Waals surface area contributed by atoms with Gasteiger partial charge in [-0.2, -0.15) is 0 Å². The topological polar surface area (TPSA) is 126 Å². The number of halogens is 1. The van der Waals surface area contributed by atoms with Crippen LogP contribution in [0.5, 0.6) is 0 Å². The van der Waals surface area contributed by atoms with Crippen LogP contribution in [0.25, 0.3) is 11.0 Å². The van der Waals surface area contributed by atoms with Crippen molar-refractivity contribution in [2.75, 3.05) is 11.9 Å². The maximum atomic E-state index is 12.3. The van der Waals surface area contributed by atoms with E-state index in [1.807, 2.05) is 6.92 Å². The molecule has 2 heterocycles. The third-order valence-corrected chi connectivity index (χ3v) is 4.33. The Bertz CT molecular complexity index is 1180. The zero-order valence-corrected chi connectivity index (χ0v) is 16.2. The SMILES string of the molecule is CCCn1c(=O)[nH]c(=O)c2cc(C(=O)NCC(=O)Nc3ccc(Cl)cc3)cnc21. The Morgan fingerprint density at radius 3 is 2.62 bits per heavy atom. The molecule has 150 valence electrons. The number of benzene rings is 1. The molecule has 0 aliphatic heterocycles. The second-order valence-corrected chi connectivity index (χ2v) is 6.68. The largest absolute Gasteiger partial charge is 0.343 e. The first-order chi connectivity index (χ1) is 13.9. The molecule has 0 bridgehead atoms. The highest BCUT2D eigenvalue weighted by atomic mass is 35.5. The molecule has 0 atom stereocenters. The van der Waals surface area contributed by atoms with Crippen molar-refractivity contribution in [2.45, 2.75) is 19.9 Å². The zero-order chi connectivity index (χ0) is 21.0. The van der Waals surface area contributed by atoms with Crippen molar-refractivity contribution in [2.24, 2.45) is 0 Å².